The molecule has 98 valence electrons. The van der Waals surface area contributed by atoms with Crippen molar-refractivity contribution >= 4 is 10.0 Å². The predicted octanol–water partition coefficient (Wildman–Crippen LogP) is 0.853. The van der Waals surface area contributed by atoms with Gasteiger partial charge in [0.05, 0.1) is 23.1 Å². The van der Waals surface area contributed by atoms with E-state index in [1.54, 1.807) is 0 Å². The first-order valence-corrected chi connectivity index (χ1v) is 7.02. The molecule has 0 fully saturated rings. The molecule has 0 saturated heterocycles. The zero-order chi connectivity index (χ0) is 13.8. The van der Waals surface area contributed by atoms with Crippen LogP contribution in [0.15, 0.2) is 29.2 Å². The molecule has 6 heteroatoms. The van der Waals surface area contributed by atoms with E-state index in [0.29, 0.717) is 0 Å². The fourth-order valence-corrected chi connectivity index (χ4v) is 2.81. The Bertz CT molecular complexity index is 547. The van der Waals surface area contributed by atoms with Crippen LogP contribution in [0.5, 0.6) is 0 Å². The van der Waals surface area contributed by atoms with E-state index in [9.17, 15) is 8.42 Å². The third kappa shape index (κ3) is 3.53. The number of aliphatic hydroxyl groups is 1. The van der Waals surface area contributed by atoms with Gasteiger partial charge in [0.2, 0.25) is 10.0 Å². The molecule has 0 aliphatic carbocycles. The molecule has 0 aliphatic rings. The Kier molecular flexibility index (Phi) is 4.84. The number of nitrogens with one attached hydrogen (secondary N) is 1. The summed E-state index contributed by atoms with van der Waals surface area (Å²) in [5.74, 6) is -0.0241. The van der Waals surface area contributed by atoms with Crippen LogP contribution < -0.4 is 4.72 Å². The lowest BCUT2D eigenvalue weighted by Crippen LogP contribution is -2.41. The molecule has 0 radical (unpaired) electrons. The average molecular weight is 268 g/mol. The lowest BCUT2D eigenvalue weighted by molar-refractivity contribution is 0.227. The second-order valence-corrected chi connectivity index (χ2v) is 6.01. The number of nitrogens with zero attached hydrogens (tertiary/aromatic N) is 1. The van der Waals surface area contributed by atoms with E-state index in [-0.39, 0.29) is 23.0 Å². The summed E-state index contributed by atoms with van der Waals surface area (Å²) in [6.07, 6.45) is 0. The third-order valence-corrected chi connectivity index (χ3v) is 4.07. The highest BCUT2D eigenvalue weighted by atomic mass is 32.2. The molecule has 1 aromatic rings. The molecule has 0 aliphatic heterocycles. The fraction of sp³-hybridized carbons (Fsp3) is 0.417. The Morgan fingerprint density at radius 1 is 1.44 bits per heavy atom. The van der Waals surface area contributed by atoms with Gasteiger partial charge in [-0.2, -0.15) is 5.26 Å². The highest BCUT2D eigenvalue weighted by Gasteiger charge is 2.21. The quantitative estimate of drug-likeness (QED) is 0.828. The molecule has 0 spiro atoms. The first kappa shape index (κ1) is 14.6. The molecule has 0 saturated carbocycles. The number of hydrogen-bond donors (Lipinski definition) is 2. The van der Waals surface area contributed by atoms with E-state index < -0.39 is 16.1 Å². The molecule has 2 N–H and O–H groups in total. The third-order valence-electron chi connectivity index (χ3n) is 2.58. The summed E-state index contributed by atoms with van der Waals surface area (Å²) in [7, 11) is -3.71. The van der Waals surface area contributed by atoms with Gasteiger partial charge < -0.3 is 5.11 Å². The van der Waals surface area contributed by atoms with Crippen LogP contribution in [0.4, 0.5) is 0 Å². The zero-order valence-corrected chi connectivity index (χ0v) is 11.1. The van der Waals surface area contributed by atoms with E-state index in [2.05, 4.69) is 4.72 Å². The topological polar surface area (TPSA) is 90.2 Å². The van der Waals surface area contributed by atoms with Gasteiger partial charge in [-0.05, 0) is 24.1 Å². The number of hydrogen-bond acceptors (Lipinski definition) is 4. The van der Waals surface area contributed by atoms with Gasteiger partial charge in [0.1, 0.15) is 0 Å². The highest BCUT2D eigenvalue weighted by molar-refractivity contribution is 7.89. The van der Waals surface area contributed by atoms with Crippen LogP contribution in [0, 0.1) is 17.2 Å². The van der Waals surface area contributed by atoms with Gasteiger partial charge in [-0.25, -0.2) is 13.1 Å². The molecular weight excluding hydrogens is 252 g/mol. The summed E-state index contributed by atoms with van der Waals surface area (Å²) in [6, 6.07) is 7.11. The largest absolute Gasteiger partial charge is 0.395 e. The van der Waals surface area contributed by atoms with Crippen molar-refractivity contribution in [2.24, 2.45) is 5.92 Å². The van der Waals surface area contributed by atoms with Crippen molar-refractivity contribution in [2.75, 3.05) is 6.61 Å². The van der Waals surface area contributed by atoms with Gasteiger partial charge >= 0.3 is 0 Å². The van der Waals surface area contributed by atoms with Crippen molar-refractivity contribution in [2.45, 2.75) is 24.8 Å². The van der Waals surface area contributed by atoms with Crippen molar-refractivity contribution in [3.05, 3.63) is 29.8 Å². The molecule has 1 unspecified atom stereocenters. The SMILES string of the molecule is CC(C)C(CO)NS(=O)(=O)c1cccc(C#N)c1. The second-order valence-electron chi connectivity index (χ2n) is 4.29. The van der Waals surface area contributed by atoms with E-state index in [0.717, 1.165) is 0 Å². The normalized spacial score (nSPS) is 13.3. The summed E-state index contributed by atoms with van der Waals surface area (Å²) >= 11 is 0. The van der Waals surface area contributed by atoms with Crippen LogP contribution in [0.2, 0.25) is 0 Å². The molecule has 18 heavy (non-hydrogen) atoms. The molecular formula is C12H16N2O3S. The summed E-state index contributed by atoms with van der Waals surface area (Å²) in [5, 5.41) is 17.9. The van der Waals surface area contributed by atoms with E-state index in [1.807, 2.05) is 19.9 Å². The molecule has 0 amide bonds. The highest BCUT2D eigenvalue weighted by Crippen LogP contribution is 2.13. The molecule has 1 aromatic carbocycles. The minimum Gasteiger partial charge on any atom is -0.395 e. The molecule has 5 nitrogen and oxygen atoms in total. The van der Waals surface area contributed by atoms with Crippen molar-refractivity contribution in [3.63, 3.8) is 0 Å². The Hall–Kier alpha value is -1.42. The predicted molar refractivity (Wildman–Crippen MR) is 67.2 cm³/mol. The first-order valence-electron chi connectivity index (χ1n) is 5.54. The van der Waals surface area contributed by atoms with Crippen LogP contribution in [0.25, 0.3) is 0 Å². The first-order chi connectivity index (χ1) is 8.40. The summed E-state index contributed by atoms with van der Waals surface area (Å²) < 4.78 is 26.5. The van der Waals surface area contributed by atoms with Crippen molar-refractivity contribution in [1.82, 2.24) is 4.72 Å². The lowest BCUT2D eigenvalue weighted by Gasteiger charge is -2.19. The monoisotopic (exact) mass is 268 g/mol. The maximum Gasteiger partial charge on any atom is 0.240 e. The Labute approximate surface area is 107 Å². The average Bonchev–Trinajstić information content (AvgIpc) is 2.35. The van der Waals surface area contributed by atoms with Gasteiger partial charge in [-0.15, -0.1) is 0 Å². The van der Waals surface area contributed by atoms with E-state index in [4.69, 9.17) is 10.4 Å². The molecule has 1 rings (SSSR count). The number of aliphatic hydroxyl groups excluding tert-OH is 1. The Balaban J connectivity index is 3.03. The van der Waals surface area contributed by atoms with Crippen molar-refractivity contribution < 1.29 is 13.5 Å². The zero-order valence-electron chi connectivity index (χ0n) is 10.3. The number of sulfonamides is 1. The molecule has 0 bridgehead atoms. The lowest BCUT2D eigenvalue weighted by atomic mass is 10.1. The van der Waals surface area contributed by atoms with Gasteiger partial charge in [-0.1, -0.05) is 19.9 Å². The maximum absolute atomic E-state index is 12.0. The van der Waals surface area contributed by atoms with Crippen LogP contribution in [0.1, 0.15) is 19.4 Å². The van der Waals surface area contributed by atoms with Crippen LogP contribution >= 0.6 is 0 Å². The van der Waals surface area contributed by atoms with Crippen molar-refractivity contribution in [3.8, 4) is 6.07 Å². The minimum atomic E-state index is -3.71. The second kappa shape index (κ2) is 5.96. The summed E-state index contributed by atoms with van der Waals surface area (Å²) in [6.45, 7) is 3.36. The molecule has 0 heterocycles. The number of benzene rings is 1. The van der Waals surface area contributed by atoms with E-state index in [1.165, 1.54) is 24.3 Å². The van der Waals surface area contributed by atoms with Crippen LogP contribution in [-0.2, 0) is 10.0 Å². The standard InChI is InChI=1S/C12H16N2O3S/c1-9(2)12(8-15)14-18(16,17)11-5-3-4-10(6-11)7-13/h3-6,9,12,14-15H,8H2,1-2H3. The van der Waals surface area contributed by atoms with Crippen LogP contribution in [0.3, 0.4) is 0 Å². The smallest absolute Gasteiger partial charge is 0.240 e. The van der Waals surface area contributed by atoms with E-state index >= 15 is 0 Å². The minimum absolute atomic E-state index is 0.0241. The number of nitriles is 1. The van der Waals surface area contributed by atoms with Crippen molar-refractivity contribution in [1.29, 1.82) is 5.26 Å². The Morgan fingerprint density at radius 3 is 2.61 bits per heavy atom. The maximum atomic E-state index is 12.0. The number of rotatable bonds is 5. The van der Waals surface area contributed by atoms with Crippen LogP contribution in [-0.4, -0.2) is 26.2 Å². The van der Waals surface area contributed by atoms with Gasteiger partial charge in [0.15, 0.2) is 0 Å². The summed E-state index contributed by atoms with van der Waals surface area (Å²) in [4.78, 5) is 0.0284. The molecule has 1 atom stereocenters. The summed E-state index contributed by atoms with van der Waals surface area (Å²) in [5.41, 5.74) is 0.281. The van der Waals surface area contributed by atoms with Gasteiger partial charge in [0.25, 0.3) is 0 Å². The van der Waals surface area contributed by atoms with Gasteiger partial charge in [0, 0.05) is 6.04 Å². The molecule has 0 aromatic heterocycles. The van der Waals surface area contributed by atoms with Gasteiger partial charge in [-0.3, -0.25) is 0 Å². The Morgan fingerprint density at radius 2 is 2.11 bits per heavy atom. The fourth-order valence-electron chi connectivity index (χ4n) is 1.38.